The molecule has 1 amide bonds. The van der Waals surface area contributed by atoms with E-state index in [4.69, 9.17) is 5.73 Å². The van der Waals surface area contributed by atoms with E-state index >= 15 is 0 Å². The van der Waals surface area contributed by atoms with Gasteiger partial charge in [-0.1, -0.05) is 12.1 Å². The predicted molar refractivity (Wildman–Crippen MR) is 70.2 cm³/mol. The summed E-state index contributed by atoms with van der Waals surface area (Å²) in [5, 5.41) is 6.08. The van der Waals surface area contributed by atoms with Crippen LogP contribution < -0.4 is 11.1 Å². The van der Waals surface area contributed by atoms with Gasteiger partial charge in [0.1, 0.15) is 6.54 Å². The Labute approximate surface area is 118 Å². The maximum atomic E-state index is 12.4. The van der Waals surface area contributed by atoms with Crippen molar-refractivity contribution in [3.8, 4) is 0 Å². The predicted octanol–water partition coefficient (Wildman–Crippen LogP) is 2.00. The largest absolute Gasteiger partial charge is 0.419 e. The number of nitrogens with two attached hydrogens (primary N) is 1. The summed E-state index contributed by atoms with van der Waals surface area (Å²) in [6.07, 6.45) is -2.99. The molecule has 0 spiro atoms. The van der Waals surface area contributed by atoms with Crippen LogP contribution in [-0.2, 0) is 24.1 Å². The highest BCUT2D eigenvalue weighted by atomic mass is 19.4. The van der Waals surface area contributed by atoms with Crippen molar-refractivity contribution in [2.75, 3.05) is 5.32 Å². The summed E-state index contributed by atoms with van der Waals surface area (Å²) in [7, 11) is 0. The summed E-state index contributed by atoms with van der Waals surface area (Å²) < 4.78 is 38.1. The van der Waals surface area contributed by atoms with Crippen molar-refractivity contribution in [2.45, 2.75) is 19.3 Å². The third kappa shape index (κ3) is 4.06. The molecule has 0 saturated carbocycles. The number of hydrogen-bond acceptors (Lipinski definition) is 3. The minimum atomic E-state index is -4.47. The molecule has 0 aliphatic carbocycles. The SMILES string of the molecule is NCc1ccc(NC(=O)Cn2cc(C(F)(F)F)cn2)cc1. The Hall–Kier alpha value is -2.35. The van der Waals surface area contributed by atoms with Crippen molar-refractivity contribution in [3.63, 3.8) is 0 Å². The molecular formula is C13H13F3N4O. The first-order valence-corrected chi connectivity index (χ1v) is 6.07. The highest BCUT2D eigenvalue weighted by molar-refractivity contribution is 5.90. The number of rotatable bonds is 4. The van der Waals surface area contributed by atoms with Gasteiger partial charge in [0.25, 0.3) is 0 Å². The topological polar surface area (TPSA) is 72.9 Å². The van der Waals surface area contributed by atoms with Crippen molar-refractivity contribution < 1.29 is 18.0 Å². The van der Waals surface area contributed by atoms with Gasteiger partial charge in [-0.2, -0.15) is 18.3 Å². The van der Waals surface area contributed by atoms with E-state index in [1.165, 1.54) is 0 Å². The van der Waals surface area contributed by atoms with Crippen LogP contribution in [0.1, 0.15) is 11.1 Å². The van der Waals surface area contributed by atoms with E-state index in [-0.39, 0.29) is 6.54 Å². The zero-order valence-electron chi connectivity index (χ0n) is 10.9. The van der Waals surface area contributed by atoms with Gasteiger partial charge >= 0.3 is 6.18 Å². The molecule has 3 N–H and O–H groups in total. The van der Waals surface area contributed by atoms with Gasteiger partial charge in [0.05, 0.1) is 11.8 Å². The van der Waals surface area contributed by atoms with E-state index in [0.29, 0.717) is 18.4 Å². The molecule has 1 aromatic carbocycles. The zero-order valence-corrected chi connectivity index (χ0v) is 10.9. The van der Waals surface area contributed by atoms with E-state index in [2.05, 4.69) is 10.4 Å². The first-order chi connectivity index (χ1) is 9.88. The third-order valence-electron chi connectivity index (χ3n) is 2.74. The summed E-state index contributed by atoms with van der Waals surface area (Å²) in [5.74, 6) is -0.465. The van der Waals surface area contributed by atoms with Crippen LogP contribution in [0.25, 0.3) is 0 Å². The molecule has 8 heteroatoms. The molecule has 0 aliphatic rings. The van der Waals surface area contributed by atoms with Crippen molar-refractivity contribution >= 4 is 11.6 Å². The molecule has 0 bridgehead atoms. The van der Waals surface area contributed by atoms with Crippen LogP contribution in [0.5, 0.6) is 0 Å². The summed E-state index contributed by atoms with van der Waals surface area (Å²) in [4.78, 5) is 11.7. The summed E-state index contributed by atoms with van der Waals surface area (Å²) >= 11 is 0. The third-order valence-corrected chi connectivity index (χ3v) is 2.74. The average Bonchev–Trinajstić information content (AvgIpc) is 2.88. The second kappa shape index (κ2) is 5.96. The van der Waals surface area contributed by atoms with Crippen LogP contribution in [0.4, 0.5) is 18.9 Å². The molecule has 0 radical (unpaired) electrons. The molecule has 112 valence electrons. The normalized spacial score (nSPS) is 11.4. The number of alkyl halides is 3. The Morgan fingerprint density at radius 1 is 1.29 bits per heavy atom. The molecule has 0 unspecified atom stereocenters. The van der Waals surface area contributed by atoms with Gasteiger partial charge in [-0.15, -0.1) is 0 Å². The van der Waals surface area contributed by atoms with Crippen LogP contribution in [-0.4, -0.2) is 15.7 Å². The number of carbonyl (C=O) groups is 1. The van der Waals surface area contributed by atoms with E-state index in [9.17, 15) is 18.0 Å². The fraction of sp³-hybridized carbons (Fsp3) is 0.231. The number of halogens is 3. The van der Waals surface area contributed by atoms with E-state index < -0.39 is 17.6 Å². The number of hydrogen-bond donors (Lipinski definition) is 2. The number of aromatic nitrogens is 2. The van der Waals surface area contributed by atoms with Crippen molar-refractivity contribution in [2.24, 2.45) is 5.73 Å². The van der Waals surface area contributed by atoms with E-state index in [1.807, 2.05) is 0 Å². The molecule has 2 rings (SSSR count). The number of carbonyl (C=O) groups excluding carboxylic acids is 1. The van der Waals surface area contributed by atoms with Gasteiger partial charge in [0, 0.05) is 18.4 Å². The number of nitrogens with zero attached hydrogens (tertiary/aromatic N) is 2. The molecule has 0 fully saturated rings. The van der Waals surface area contributed by atoms with Gasteiger partial charge < -0.3 is 11.1 Å². The van der Waals surface area contributed by atoms with Crippen LogP contribution in [0.3, 0.4) is 0 Å². The fourth-order valence-corrected chi connectivity index (χ4v) is 1.67. The smallest absolute Gasteiger partial charge is 0.326 e. The van der Waals surface area contributed by atoms with Crippen molar-refractivity contribution in [3.05, 3.63) is 47.8 Å². The lowest BCUT2D eigenvalue weighted by Crippen LogP contribution is -2.19. The average molecular weight is 298 g/mol. The van der Waals surface area contributed by atoms with Crippen molar-refractivity contribution in [1.82, 2.24) is 9.78 Å². The molecule has 21 heavy (non-hydrogen) atoms. The summed E-state index contributed by atoms with van der Waals surface area (Å²) in [6, 6.07) is 6.85. The molecule has 2 aromatic rings. The van der Waals surface area contributed by atoms with E-state index in [0.717, 1.165) is 16.4 Å². The molecule has 0 saturated heterocycles. The Morgan fingerprint density at radius 3 is 2.48 bits per heavy atom. The number of anilines is 1. The van der Waals surface area contributed by atoms with E-state index in [1.54, 1.807) is 24.3 Å². The minimum Gasteiger partial charge on any atom is -0.326 e. The maximum absolute atomic E-state index is 12.4. The monoisotopic (exact) mass is 298 g/mol. The standard InChI is InChI=1S/C13H13F3N4O/c14-13(15,16)10-6-18-20(7-10)8-12(21)19-11-3-1-9(5-17)2-4-11/h1-4,6-7H,5,8,17H2,(H,19,21). The summed E-state index contributed by atoms with van der Waals surface area (Å²) in [6.45, 7) is 0.0937. The van der Waals surface area contributed by atoms with Gasteiger partial charge in [0.15, 0.2) is 0 Å². The van der Waals surface area contributed by atoms with Crippen LogP contribution in [0.15, 0.2) is 36.7 Å². The van der Waals surface area contributed by atoms with Gasteiger partial charge in [0.2, 0.25) is 5.91 Å². The lowest BCUT2D eigenvalue weighted by molar-refractivity contribution is -0.137. The van der Waals surface area contributed by atoms with Gasteiger partial charge in [-0.3, -0.25) is 9.48 Å². The first-order valence-electron chi connectivity index (χ1n) is 6.07. The second-order valence-electron chi connectivity index (χ2n) is 4.37. The molecule has 0 atom stereocenters. The minimum absolute atomic E-state index is 0.297. The Morgan fingerprint density at radius 2 is 1.95 bits per heavy atom. The molecule has 1 aromatic heterocycles. The number of nitrogens with one attached hydrogen (secondary N) is 1. The lowest BCUT2D eigenvalue weighted by Gasteiger charge is -2.06. The highest BCUT2D eigenvalue weighted by Gasteiger charge is 2.32. The Bertz CT molecular complexity index is 619. The zero-order chi connectivity index (χ0) is 15.5. The number of benzene rings is 1. The van der Waals surface area contributed by atoms with Crippen molar-refractivity contribution in [1.29, 1.82) is 0 Å². The summed E-state index contributed by atoms with van der Waals surface area (Å²) in [5.41, 5.74) is 6.02. The van der Waals surface area contributed by atoms with Crippen LogP contribution in [0, 0.1) is 0 Å². The Kier molecular flexibility index (Phi) is 4.27. The highest BCUT2D eigenvalue weighted by Crippen LogP contribution is 2.28. The molecular weight excluding hydrogens is 285 g/mol. The lowest BCUT2D eigenvalue weighted by atomic mass is 10.2. The molecule has 0 aliphatic heterocycles. The number of amides is 1. The first kappa shape index (κ1) is 15.0. The van der Waals surface area contributed by atoms with Crippen LogP contribution in [0.2, 0.25) is 0 Å². The van der Waals surface area contributed by atoms with Gasteiger partial charge in [-0.05, 0) is 17.7 Å². The second-order valence-corrected chi connectivity index (χ2v) is 4.37. The molecule has 1 heterocycles. The van der Waals surface area contributed by atoms with Crippen LogP contribution >= 0.6 is 0 Å². The Balaban J connectivity index is 1.96. The quantitative estimate of drug-likeness (QED) is 0.906. The van der Waals surface area contributed by atoms with Gasteiger partial charge in [-0.25, -0.2) is 0 Å². The molecule has 5 nitrogen and oxygen atoms in total. The maximum Gasteiger partial charge on any atom is 0.419 e. The fourth-order valence-electron chi connectivity index (χ4n) is 1.67.